The van der Waals surface area contributed by atoms with Gasteiger partial charge in [0.2, 0.25) is 5.95 Å². The van der Waals surface area contributed by atoms with Crippen LogP contribution in [0.25, 0.3) is 0 Å². The Kier molecular flexibility index (Phi) is 7.42. The minimum atomic E-state index is -0.533. The molecule has 1 atom stereocenters. The maximum atomic E-state index is 13.8. The van der Waals surface area contributed by atoms with Gasteiger partial charge in [-0.1, -0.05) is 48.0 Å². The Labute approximate surface area is 231 Å². The predicted molar refractivity (Wildman–Crippen MR) is 150 cm³/mol. The highest BCUT2D eigenvalue weighted by atomic mass is 35.5. The largest absolute Gasteiger partial charge is 0.495 e. The molecule has 0 saturated heterocycles. The molecule has 1 amide bonds. The molecule has 2 N–H and O–H groups in total. The molecule has 5 rings (SSSR count). The SMILES string of the molecule is COc1cc(NC(=O)C2=C(C)Nc3ncnn3[C@H]2c2ccc(OCc3ccccc3C)cc2)c(OC)cc1Cl. The van der Waals surface area contributed by atoms with Crippen LogP contribution in [0.4, 0.5) is 11.6 Å². The maximum absolute atomic E-state index is 13.8. The summed E-state index contributed by atoms with van der Waals surface area (Å²) in [6.07, 6.45) is 1.45. The number of hydrogen-bond donors (Lipinski definition) is 2. The zero-order valence-electron chi connectivity index (χ0n) is 22.0. The Bertz CT molecular complexity index is 1550. The van der Waals surface area contributed by atoms with Crippen LogP contribution in [0.3, 0.4) is 0 Å². The Morgan fingerprint density at radius 3 is 2.51 bits per heavy atom. The molecule has 10 heteroatoms. The van der Waals surface area contributed by atoms with Crippen LogP contribution >= 0.6 is 11.6 Å². The van der Waals surface area contributed by atoms with E-state index >= 15 is 0 Å². The van der Waals surface area contributed by atoms with Crippen LogP contribution in [0.2, 0.25) is 5.02 Å². The number of nitrogens with one attached hydrogen (secondary N) is 2. The van der Waals surface area contributed by atoms with E-state index in [-0.39, 0.29) is 5.91 Å². The lowest BCUT2D eigenvalue weighted by Gasteiger charge is -2.29. The summed E-state index contributed by atoms with van der Waals surface area (Å²) < 4.78 is 18.5. The zero-order chi connectivity index (χ0) is 27.5. The van der Waals surface area contributed by atoms with E-state index in [4.69, 9.17) is 25.8 Å². The molecule has 1 aliphatic rings. The minimum Gasteiger partial charge on any atom is -0.495 e. The molecule has 0 unspecified atom stereocenters. The van der Waals surface area contributed by atoms with E-state index < -0.39 is 6.04 Å². The normalized spacial score (nSPS) is 14.3. The van der Waals surface area contributed by atoms with Gasteiger partial charge in [-0.3, -0.25) is 4.79 Å². The molecule has 0 saturated carbocycles. The summed E-state index contributed by atoms with van der Waals surface area (Å²) in [5.74, 6) is 1.74. The third-order valence-corrected chi connectivity index (χ3v) is 6.91. The minimum absolute atomic E-state index is 0.339. The molecule has 0 aliphatic carbocycles. The Hall–Kier alpha value is -4.50. The van der Waals surface area contributed by atoms with Crippen molar-refractivity contribution in [3.63, 3.8) is 0 Å². The van der Waals surface area contributed by atoms with E-state index in [0.717, 1.165) is 16.9 Å². The third kappa shape index (κ3) is 5.26. The standard InChI is InChI=1S/C29H28ClN5O4/c1-17-7-5-6-8-20(17)15-39-21-11-9-19(10-12-21)27-26(18(2)33-29-31-16-32-35(27)29)28(36)34-23-14-24(37-3)22(30)13-25(23)38-4/h5-14,16,27H,15H2,1-4H3,(H,34,36)(H,31,32,33)/t27-/m0/s1. The van der Waals surface area contributed by atoms with E-state index in [0.29, 0.717) is 46.0 Å². The van der Waals surface area contributed by atoms with Crippen molar-refractivity contribution in [2.24, 2.45) is 0 Å². The number of nitrogens with zero attached hydrogens (tertiary/aromatic N) is 3. The molecule has 0 fully saturated rings. The number of rotatable bonds is 8. The maximum Gasteiger partial charge on any atom is 0.255 e. The van der Waals surface area contributed by atoms with E-state index in [1.54, 1.807) is 16.8 Å². The second kappa shape index (κ2) is 11.1. The molecule has 1 aliphatic heterocycles. The van der Waals surface area contributed by atoms with Gasteiger partial charge in [0.25, 0.3) is 5.91 Å². The van der Waals surface area contributed by atoms with Gasteiger partial charge in [0.15, 0.2) is 0 Å². The molecular weight excluding hydrogens is 518 g/mol. The van der Waals surface area contributed by atoms with Crippen molar-refractivity contribution >= 4 is 29.1 Å². The number of allylic oxidation sites excluding steroid dienone is 1. The molecule has 9 nitrogen and oxygen atoms in total. The molecule has 3 aromatic carbocycles. The van der Waals surface area contributed by atoms with Gasteiger partial charge < -0.3 is 24.8 Å². The van der Waals surface area contributed by atoms with Gasteiger partial charge in [0.1, 0.15) is 36.2 Å². The summed E-state index contributed by atoms with van der Waals surface area (Å²) in [6.45, 7) is 4.36. The number of methoxy groups -OCH3 is 2. The average molecular weight is 546 g/mol. The van der Waals surface area contributed by atoms with Gasteiger partial charge in [0.05, 0.1) is 30.5 Å². The third-order valence-electron chi connectivity index (χ3n) is 6.61. The quantitative estimate of drug-likeness (QED) is 0.290. The van der Waals surface area contributed by atoms with Gasteiger partial charge in [-0.15, -0.1) is 0 Å². The van der Waals surface area contributed by atoms with Gasteiger partial charge in [-0.05, 0) is 42.7 Å². The first-order valence-electron chi connectivity index (χ1n) is 12.3. The van der Waals surface area contributed by atoms with E-state index in [2.05, 4.69) is 39.8 Å². The van der Waals surface area contributed by atoms with Crippen LogP contribution in [-0.2, 0) is 11.4 Å². The molecule has 39 heavy (non-hydrogen) atoms. The van der Waals surface area contributed by atoms with Gasteiger partial charge in [-0.25, -0.2) is 4.68 Å². The lowest BCUT2D eigenvalue weighted by molar-refractivity contribution is -0.113. The number of anilines is 2. The van der Waals surface area contributed by atoms with E-state index in [9.17, 15) is 4.79 Å². The van der Waals surface area contributed by atoms with Crippen LogP contribution < -0.4 is 24.8 Å². The first kappa shape index (κ1) is 26.1. The highest BCUT2D eigenvalue weighted by Gasteiger charge is 2.34. The van der Waals surface area contributed by atoms with E-state index in [1.807, 2.05) is 43.3 Å². The number of halogens is 1. The smallest absolute Gasteiger partial charge is 0.255 e. The summed E-state index contributed by atoms with van der Waals surface area (Å²) in [5.41, 5.74) is 4.69. The second-order valence-corrected chi connectivity index (χ2v) is 9.43. The number of aryl methyl sites for hydroxylation is 1. The van der Waals surface area contributed by atoms with Gasteiger partial charge in [-0.2, -0.15) is 10.1 Å². The zero-order valence-corrected chi connectivity index (χ0v) is 22.7. The number of amides is 1. The Morgan fingerprint density at radius 1 is 1.05 bits per heavy atom. The van der Waals surface area contributed by atoms with E-state index in [1.165, 1.54) is 26.1 Å². The number of ether oxygens (including phenoxy) is 3. The van der Waals surface area contributed by atoms with Crippen LogP contribution in [0, 0.1) is 6.92 Å². The highest BCUT2D eigenvalue weighted by molar-refractivity contribution is 6.32. The lowest BCUT2D eigenvalue weighted by atomic mass is 9.95. The molecule has 4 aromatic rings. The van der Waals surface area contributed by atoms with Gasteiger partial charge in [0, 0.05) is 17.8 Å². The number of aromatic nitrogens is 3. The predicted octanol–water partition coefficient (Wildman–Crippen LogP) is 5.76. The summed E-state index contributed by atoms with van der Waals surface area (Å²) in [5, 5.41) is 10.9. The van der Waals surface area contributed by atoms with Crippen LogP contribution in [0.15, 0.2) is 78.3 Å². The Balaban J connectivity index is 1.44. The number of fused-ring (bicyclic) bond motifs is 1. The fourth-order valence-corrected chi connectivity index (χ4v) is 4.75. The summed E-state index contributed by atoms with van der Waals surface area (Å²) in [7, 11) is 3.02. The lowest BCUT2D eigenvalue weighted by Crippen LogP contribution is -2.31. The molecule has 1 aromatic heterocycles. The number of carbonyl (C=O) groups excluding carboxylic acids is 1. The molecule has 0 spiro atoms. The number of hydrogen-bond acceptors (Lipinski definition) is 7. The number of carbonyl (C=O) groups is 1. The van der Waals surface area contributed by atoms with Crippen LogP contribution in [-0.4, -0.2) is 34.9 Å². The van der Waals surface area contributed by atoms with Crippen molar-refractivity contribution in [2.75, 3.05) is 24.9 Å². The average Bonchev–Trinajstić information content (AvgIpc) is 3.41. The topological polar surface area (TPSA) is 99.5 Å². The monoisotopic (exact) mass is 545 g/mol. The van der Waals surface area contributed by atoms with Crippen molar-refractivity contribution in [1.29, 1.82) is 0 Å². The van der Waals surface area contributed by atoms with Crippen LogP contribution in [0.5, 0.6) is 17.2 Å². The molecular formula is C29H28ClN5O4. The van der Waals surface area contributed by atoms with Crippen molar-refractivity contribution in [3.8, 4) is 17.2 Å². The highest BCUT2D eigenvalue weighted by Crippen LogP contribution is 2.39. The molecule has 0 radical (unpaired) electrons. The summed E-state index contributed by atoms with van der Waals surface area (Å²) in [4.78, 5) is 18.1. The van der Waals surface area contributed by atoms with Crippen molar-refractivity contribution < 1.29 is 19.0 Å². The van der Waals surface area contributed by atoms with Crippen LogP contribution in [0.1, 0.15) is 29.7 Å². The van der Waals surface area contributed by atoms with Crippen molar-refractivity contribution in [2.45, 2.75) is 26.5 Å². The van der Waals surface area contributed by atoms with Gasteiger partial charge >= 0.3 is 0 Å². The summed E-state index contributed by atoms with van der Waals surface area (Å²) in [6, 6.07) is 18.5. The summed E-state index contributed by atoms with van der Waals surface area (Å²) >= 11 is 6.25. The number of benzene rings is 3. The Morgan fingerprint density at radius 2 is 1.79 bits per heavy atom. The fraction of sp³-hybridized carbons (Fsp3) is 0.207. The molecule has 0 bridgehead atoms. The van der Waals surface area contributed by atoms with Crippen molar-refractivity contribution in [3.05, 3.63) is 100.0 Å². The molecule has 200 valence electrons. The first-order chi connectivity index (χ1) is 18.9. The first-order valence-corrected chi connectivity index (χ1v) is 12.6. The fourth-order valence-electron chi connectivity index (χ4n) is 4.52. The van der Waals surface area contributed by atoms with Crippen molar-refractivity contribution in [1.82, 2.24) is 14.8 Å². The molecule has 2 heterocycles. The second-order valence-electron chi connectivity index (χ2n) is 9.02.